The minimum absolute atomic E-state index is 0.426. The molecule has 1 saturated heterocycles. The lowest BCUT2D eigenvalue weighted by atomic mass is 10.0. The van der Waals surface area contributed by atoms with Gasteiger partial charge in [0.05, 0.1) is 0 Å². The molecular weight excluding hydrogens is 196 g/mol. The maximum atomic E-state index is 5.91. The van der Waals surface area contributed by atoms with Crippen molar-refractivity contribution in [3.05, 3.63) is 34.9 Å². The minimum atomic E-state index is 0.426. The van der Waals surface area contributed by atoms with Crippen LogP contribution in [0.25, 0.3) is 0 Å². The van der Waals surface area contributed by atoms with E-state index >= 15 is 0 Å². The second-order valence-corrected chi connectivity index (χ2v) is 5.11. The fourth-order valence-electron chi connectivity index (χ4n) is 2.53. The van der Waals surface area contributed by atoms with Crippen LogP contribution in [0.1, 0.15) is 29.5 Å². The number of benzene rings is 1. The van der Waals surface area contributed by atoms with Gasteiger partial charge in [-0.15, -0.1) is 0 Å². The van der Waals surface area contributed by atoms with Crippen molar-refractivity contribution in [2.24, 2.45) is 5.73 Å². The molecule has 2 N–H and O–H groups in total. The lowest BCUT2D eigenvalue weighted by Gasteiger charge is -2.30. The highest BCUT2D eigenvalue weighted by Gasteiger charge is 2.15. The topological polar surface area (TPSA) is 29.3 Å². The Bertz CT molecular complexity index is 332. The van der Waals surface area contributed by atoms with E-state index in [2.05, 4.69) is 36.9 Å². The van der Waals surface area contributed by atoms with E-state index in [1.807, 2.05) is 0 Å². The Labute approximate surface area is 98.4 Å². The van der Waals surface area contributed by atoms with E-state index in [0.717, 1.165) is 32.5 Å². The second-order valence-electron chi connectivity index (χ2n) is 5.11. The van der Waals surface area contributed by atoms with Crippen LogP contribution in [-0.4, -0.2) is 24.0 Å². The quantitative estimate of drug-likeness (QED) is 0.825. The number of piperidine rings is 1. The molecule has 1 aromatic rings. The van der Waals surface area contributed by atoms with E-state index in [1.54, 1.807) is 0 Å². The van der Waals surface area contributed by atoms with Crippen LogP contribution < -0.4 is 5.73 Å². The summed E-state index contributed by atoms with van der Waals surface area (Å²) in [6.07, 6.45) is 2.29. The van der Waals surface area contributed by atoms with Crippen LogP contribution in [0, 0.1) is 13.8 Å². The van der Waals surface area contributed by atoms with Gasteiger partial charge in [-0.25, -0.2) is 0 Å². The van der Waals surface area contributed by atoms with Gasteiger partial charge in [0.25, 0.3) is 0 Å². The van der Waals surface area contributed by atoms with Crippen LogP contribution in [0.4, 0.5) is 0 Å². The molecule has 2 rings (SSSR count). The van der Waals surface area contributed by atoms with Crippen LogP contribution in [0.5, 0.6) is 0 Å². The molecular formula is C14H22N2. The summed E-state index contributed by atoms with van der Waals surface area (Å²) >= 11 is 0. The summed E-state index contributed by atoms with van der Waals surface area (Å²) in [6.45, 7) is 7.71. The third-order valence-corrected chi connectivity index (χ3v) is 3.32. The standard InChI is InChI=1S/C14H22N2/c1-11-7-12(2)9-13(8-11)10-16-5-3-14(15)4-6-16/h7-9,14H,3-6,10,15H2,1-2H3. The van der Waals surface area contributed by atoms with E-state index in [1.165, 1.54) is 16.7 Å². The fraction of sp³-hybridized carbons (Fsp3) is 0.571. The molecule has 0 unspecified atom stereocenters. The van der Waals surface area contributed by atoms with Gasteiger partial charge in [0.15, 0.2) is 0 Å². The summed E-state index contributed by atoms with van der Waals surface area (Å²) in [5.74, 6) is 0. The molecule has 2 heteroatoms. The molecule has 0 aromatic heterocycles. The molecule has 1 heterocycles. The largest absolute Gasteiger partial charge is 0.328 e. The van der Waals surface area contributed by atoms with E-state index in [0.29, 0.717) is 6.04 Å². The van der Waals surface area contributed by atoms with Crippen LogP contribution >= 0.6 is 0 Å². The van der Waals surface area contributed by atoms with Gasteiger partial charge < -0.3 is 5.73 Å². The maximum Gasteiger partial charge on any atom is 0.0233 e. The van der Waals surface area contributed by atoms with Gasteiger partial charge in [-0.3, -0.25) is 4.90 Å². The minimum Gasteiger partial charge on any atom is -0.328 e. The first kappa shape index (κ1) is 11.6. The summed E-state index contributed by atoms with van der Waals surface area (Å²) in [5.41, 5.74) is 10.1. The zero-order valence-corrected chi connectivity index (χ0v) is 10.4. The van der Waals surface area contributed by atoms with Gasteiger partial charge in [0, 0.05) is 12.6 Å². The molecule has 1 aliphatic heterocycles. The van der Waals surface area contributed by atoms with Crippen LogP contribution in [0.3, 0.4) is 0 Å². The zero-order chi connectivity index (χ0) is 11.5. The molecule has 0 atom stereocenters. The highest BCUT2D eigenvalue weighted by atomic mass is 15.1. The Kier molecular flexibility index (Phi) is 3.62. The Morgan fingerprint density at radius 2 is 1.69 bits per heavy atom. The van der Waals surface area contributed by atoms with Gasteiger partial charge in [-0.2, -0.15) is 0 Å². The van der Waals surface area contributed by atoms with Gasteiger partial charge >= 0.3 is 0 Å². The highest BCUT2D eigenvalue weighted by Crippen LogP contribution is 2.15. The molecule has 0 saturated carbocycles. The van der Waals surface area contributed by atoms with Crippen molar-refractivity contribution in [3.8, 4) is 0 Å². The highest BCUT2D eigenvalue weighted by molar-refractivity contribution is 5.28. The maximum absolute atomic E-state index is 5.91. The third-order valence-electron chi connectivity index (χ3n) is 3.32. The van der Waals surface area contributed by atoms with Crippen LogP contribution in [-0.2, 0) is 6.54 Å². The first-order valence-electron chi connectivity index (χ1n) is 6.18. The number of rotatable bonds is 2. The second kappa shape index (κ2) is 4.98. The fourth-order valence-corrected chi connectivity index (χ4v) is 2.53. The lowest BCUT2D eigenvalue weighted by molar-refractivity contribution is 0.205. The summed E-state index contributed by atoms with van der Waals surface area (Å²) in [4.78, 5) is 2.51. The molecule has 2 nitrogen and oxygen atoms in total. The van der Waals surface area contributed by atoms with Crippen molar-refractivity contribution in [2.75, 3.05) is 13.1 Å². The summed E-state index contributed by atoms with van der Waals surface area (Å²) in [6, 6.07) is 7.24. The van der Waals surface area contributed by atoms with Gasteiger partial charge in [-0.05, 0) is 45.3 Å². The number of aryl methyl sites for hydroxylation is 2. The smallest absolute Gasteiger partial charge is 0.0233 e. The average molecular weight is 218 g/mol. The zero-order valence-electron chi connectivity index (χ0n) is 10.4. The van der Waals surface area contributed by atoms with Crippen molar-refractivity contribution in [1.82, 2.24) is 4.90 Å². The predicted molar refractivity (Wildman–Crippen MR) is 68.4 cm³/mol. The van der Waals surface area contributed by atoms with Gasteiger partial charge in [0.1, 0.15) is 0 Å². The Balaban J connectivity index is 1.98. The van der Waals surface area contributed by atoms with Crippen molar-refractivity contribution in [3.63, 3.8) is 0 Å². The molecule has 1 fully saturated rings. The van der Waals surface area contributed by atoms with E-state index in [9.17, 15) is 0 Å². The normalized spacial score (nSPS) is 18.9. The van der Waals surface area contributed by atoms with Crippen LogP contribution in [0.2, 0.25) is 0 Å². The Morgan fingerprint density at radius 3 is 2.25 bits per heavy atom. The number of hydrogen-bond donors (Lipinski definition) is 1. The Hall–Kier alpha value is -0.860. The van der Waals surface area contributed by atoms with Crippen molar-refractivity contribution in [1.29, 1.82) is 0 Å². The predicted octanol–water partition coefficient (Wildman–Crippen LogP) is 2.23. The van der Waals surface area contributed by atoms with Crippen molar-refractivity contribution in [2.45, 2.75) is 39.3 Å². The van der Waals surface area contributed by atoms with Gasteiger partial charge in [-0.1, -0.05) is 29.3 Å². The number of likely N-dealkylation sites (tertiary alicyclic amines) is 1. The van der Waals surface area contributed by atoms with E-state index in [-0.39, 0.29) is 0 Å². The number of nitrogens with zero attached hydrogens (tertiary/aromatic N) is 1. The first-order chi connectivity index (χ1) is 7.63. The monoisotopic (exact) mass is 218 g/mol. The molecule has 16 heavy (non-hydrogen) atoms. The number of nitrogens with two attached hydrogens (primary N) is 1. The SMILES string of the molecule is Cc1cc(C)cc(CN2CCC(N)CC2)c1. The molecule has 0 aliphatic carbocycles. The molecule has 88 valence electrons. The Morgan fingerprint density at radius 1 is 1.12 bits per heavy atom. The molecule has 1 aromatic carbocycles. The number of hydrogen-bond acceptors (Lipinski definition) is 2. The lowest BCUT2D eigenvalue weighted by Crippen LogP contribution is -2.39. The summed E-state index contributed by atoms with van der Waals surface area (Å²) < 4.78 is 0. The third kappa shape index (κ3) is 3.06. The molecule has 0 spiro atoms. The van der Waals surface area contributed by atoms with E-state index in [4.69, 9.17) is 5.73 Å². The molecule has 0 amide bonds. The first-order valence-corrected chi connectivity index (χ1v) is 6.18. The molecule has 0 bridgehead atoms. The van der Waals surface area contributed by atoms with Gasteiger partial charge in [0.2, 0.25) is 0 Å². The summed E-state index contributed by atoms with van der Waals surface area (Å²) in [7, 11) is 0. The average Bonchev–Trinajstić information content (AvgIpc) is 2.20. The van der Waals surface area contributed by atoms with Crippen molar-refractivity contribution < 1.29 is 0 Å². The van der Waals surface area contributed by atoms with E-state index < -0.39 is 0 Å². The van der Waals surface area contributed by atoms with Crippen molar-refractivity contribution >= 4 is 0 Å². The van der Waals surface area contributed by atoms with Crippen LogP contribution in [0.15, 0.2) is 18.2 Å². The molecule has 1 aliphatic rings. The summed E-state index contributed by atoms with van der Waals surface area (Å²) in [5, 5.41) is 0. The molecule has 0 radical (unpaired) electrons.